The van der Waals surface area contributed by atoms with Gasteiger partial charge in [0.05, 0.1) is 5.75 Å². The van der Waals surface area contributed by atoms with Crippen molar-refractivity contribution in [1.29, 1.82) is 0 Å². The molecule has 0 aliphatic rings. The van der Waals surface area contributed by atoms with E-state index in [1.807, 2.05) is 0 Å². The van der Waals surface area contributed by atoms with Crippen LogP contribution in [-0.4, -0.2) is 29.1 Å². The van der Waals surface area contributed by atoms with Crippen molar-refractivity contribution < 1.29 is 8.42 Å². The highest BCUT2D eigenvalue weighted by atomic mass is 35.5. The van der Waals surface area contributed by atoms with Gasteiger partial charge in [-0.15, -0.1) is 0 Å². The SMILES string of the molecule is O=S(=O)(CCc1ccncc1)Nc1nccc(Cl)n1. The van der Waals surface area contributed by atoms with Crippen LogP contribution in [-0.2, 0) is 16.4 Å². The second-order valence-electron chi connectivity index (χ2n) is 3.73. The maximum absolute atomic E-state index is 11.8. The summed E-state index contributed by atoms with van der Waals surface area (Å²) in [6.07, 6.45) is 5.01. The van der Waals surface area contributed by atoms with Gasteiger partial charge in [0.1, 0.15) is 5.15 Å². The Labute approximate surface area is 115 Å². The van der Waals surface area contributed by atoms with Crippen LogP contribution in [0.25, 0.3) is 0 Å². The van der Waals surface area contributed by atoms with E-state index in [2.05, 4.69) is 19.7 Å². The average molecular weight is 299 g/mol. The van der Waals surface area contributed by atoms with Crippen molar-refractivity contribution in [3.05, 3.63) is 47.5 Å². The Morgan fingerprint density at radius 2 is 1.89 bits per heavy atom. The normalized spacial score (nSPS) is 11.2. The summed E-state index contributed by atoms with van der Waals surface area (Å²) in [4.78, 5) is 11.4. The molecule has 0 bridgehead atoms. The molecule has 0 aromatic carbocycles. The van der Waals surface area contributed by atoms with Gasteiger partial charge in [0.2, 0.25) is 16.0 Å². The molecule has 0 atom stereocenters. The molecular weight excluding hydrogens is 288 g/mol. The summed E-state index contributed by atoms with van der Waals surface area (Å²) in [5, 5.41) is 0.182. The first-order chi connectivity index (χ1) is 9.05. The first-order valence-corrected chi connectivity index (χ1v) is 7.46. The van der Waals surface area contributed by atoms with Gasteiger partial charge in [-0.3, -0.25) is 9.71 Å². The van der Waals surface area contributed by atoms with Gasteiger partial charge in [0.15, 0.2) is 0 Å². The fraction of sp³-hybridized carbons (Fsp3) is 0.182. The maximum atomic E-state index is 11.8. The molecule has 0 saturated carbocycles. The number of nitrogens with one attached hydrogen (secondary N) is 1. The number of sulfonamides is 1. The molecular formula is C11H11ClN4O2S. The van der Waals surface area contributed by atoms with Gasteiger partial charge in [-0.25, -0.2) is 18.4 Å². The number of hydrogen-bond acceptors (Lipinski definition) is 5. The highest BCUT2D eigenvalue weighted by molar-refractivity contribution is 7.92. The van der Waals surface area contributed by atoms with E-state index in [0.29, 0.717) is 6.42 Å². The molecule has 0 fully saturated rings. The quantitative estimate of drug-likeness (QED) is 0.846. The molecule has 2 aromatic rings. The number of aromatic nitrogens is 3. The molecule has 0 saturated heterocycles. The van der Waals surface area contributed by atoms with Crippen LogP contribution < -0.4 is 4.72 Å². The molecule has 100 valence electrons. The topological polar surface area (TPSA) is 84.8 Å². The van der Waals surface area contributed by atoms with E-state index in [4.69, 9.17) is 11.6 Å². The third-order valence-corrected chi connectivity index (χ3v) is 3.72. The maximum Gasteiger partial charge on any atom is 0.237 e. The van der Waals surface area contributed by atoms with Crippen molar-refractivity contribution in [3.8, 4) is 0 Å². The van der Waals surface area contributed by atoms with E-state index in [9.17, 15) is 8.42 Å². The Balaban J connectivity index is 1.99. The first kappa shape index (κ1) is 13.7. The minimum Gasteiger partial charge on any atom is -0.265 e. The van der Waals surface area contributed by atoms with Gasteiger partial charge in [0.25, 0.3) is 0 Å². The van der Waals surface area contributed by atoms with E-state index < -0.39 is 10.0 Å². The number of anilines is 1. The minimum atomic E-state index is -3.50. The monoisotopic (exact) mass is 298 g/mol. The van der Waals surface area contributed by atoms with Crippen LogP contribution in [0.1, 0.15) is 5.56 Å². The Hall–Kier alpha value is -1.73. The second kappa shape index (κ2) is 5.94. The molecule has 0 unspecified atom stereocenters. The zero-order chi connectivity index (χ0) is 13.7. The molecule has 0 aliphatic heterocycles. The van der Waals surface area contributed by atoms with E-state index in [0.717, 1.165) is 5.56 Å². The Morgan fingerprint density at radius 1 is 1.16 bits per heavy atom. The molecule has 0 aliphatic carbocycles. The summed E-state index contributed by atoms with van der Waals surface area (Å²) in [5.74, 6) is -0.0883. The van der Waals surface area contributed by atoms with Crippen molar-refractivity contribution in [2.45, 2.75) is 6.42 Å². The van der Waals surface area contributed by atoms with E-state index in [1.165, 1.54) is 12.3 Å². The van der Waals surface area contributed by atoms with Crippen molar-refractivity contribution in [1.82, 2.24) is 15.0 Å². The third-order valence-electron chi connectivity index (χ3n) is 2.28. The number of pyridine rings is 1. The average Bonchev–Trinajstić information content (AvgIpc) is 2.37. The summed E-state index contributed by atoms with van der Waals surface area (Å²) in [6.45, 7) is 0. The molecule has 1 N–H and O–H groups in total. The molecule has 19 heavy (non-hydrogen) atoms. The molecule has 0 radical (unpaired) electrons. The largest absolute Gasteiger partial charge is 0.265 e. The lowest BCUT2D eigenvalue weighted by Gasteiger charge is -2.06. The molecule has 8 heteroatoms. The van der Waals surface area contributed by atoms with Gasteiger partial charge in [-0.1, -0.05) is 11.6 Å². The standard InChI is InChI=1S/C11H11ClN4O2S/c12-10-3-7-14-11(15-10)16-19(17,18)8-4-9-1-5-13-6-2-9/h1-3,5-7H,4,8H2,(H,14,15,16). The predicted molar refractivity (Wildman–Crippen MR) is 72.4 cm³/mol. The summed E-state index contributed by atoms with van der Waals surface area (Å²) in [7, 11) is -3.50. The van der Waals surface area contributed by atoms with E-state index in [-0.39, 0.29) is 16.9 Å². The lowest BCUT2D eigenvalue weighted by Crippen LogP contribution is -2.19. The fourth-order valence-corrected chi connectivity index (χ4v) is 2.50. The fourth-order valence-electron chi connectivity index (χ4n) is 1.38. The van der Waals surface area contributed by atoms with Crippen LogP contribution in [0.5, 0.6) is 0 Å². The summed E-state index contributed by atoms with van der Waals surface area (Å²) < 4.78 is 25.9. The van der Waals surface area contributed by atoms with Crippen LogP contribution >= 0.6 is 11.6 Å². The van der Waals surface area contributed by atoms with Crippen LogP contribution in [0, 0.1) is 0 Å². The summed E-state index contributed by atoms with van der Waals surface area (Å²) in [5.41, 5.74) is 0.896. The molecule has 2 rings (SSSR count). The number of hydrogen-bond donors (Lipinski definition) is 1. The first-order valence-electron chi connectivity index (χ1n) is 5.43. The zero-order valence-electron chi connectivity index (χ0n) is 9.82. The Bertz CT molecular complexity index is 649. The molecule has 2 heterocycles. The number of aryl methyl sites for hydroxylation is 1. The minimum absolute atomic E-state index is 0.0257. The summed E-state index contributed by atoms with van der Waals surface area (Å²) >= 11 is 5.65. The highest BCUT2D eigenvalue weighted by Gasteiger charge is 2.12. The van der Waals surface area contributed by atoms with Crippen LogP contribution in [0.3, 0.4) is 0 Å². The van der Waals surface area contributed by atoms with Crippen LogP contribution in [0.2, 0.25) is 5.15 Å². The Morgan fingerprint density at radius 3 is 2.58 bits per heavy atom. The lowest BCUT2D eigenvalue weighted by molar-refractivity contribution is 0.600. The van der Waals surface area contributed by atoms with Crippen molar-refractivity contribution >= 4 is 27.6 Å². The number of halogens is 1. The molecule has 6 nitrogen and oxygen atoms in total. The number of rotatable bonds is 5. The van der Waals surface area contributed by atoms with Crippen LogP contribution in [0.15, 0.2) is 36.8 Å². The second-order valence-corrected chi connectivity index (χ2v) is 5.96. The van der Waals surface area contributed by atoms with Gasteiger partial charge in [0, 0.05) is 18.6 Å². The molecule has 0 spiro atoms. The van der Waals surface area contributed by atoms with E-state index >= 15 is 0 Å². The smallest absolute Gasteiger partial charge is 0.237 e. The summed E-state index contributed by atoms with van der Waals surface area (Å²) in [6, 6.07) is 5.01. The molecule has 0 amide bonds. The highest BCUT2D eigenvalue weighted by Crippen LogP contribution is 2.08. The van der Waals surface area contributed by atoms with E-state index in [1.54, 1.807) is 24.5 Å². The predicted octanol–water partition coefficient (Wildman–Crippen LogP) is 1.51. The lowest BCUT2D eigenvalue weighted by atomic mass is 10.2. The third kappa shape index (κ3) is 4.46. The zero-order valence-corrected chi connectivity index (χ0v) is 11.4. The van der Waals surface area contributed by atoms with Gasteiger partial charge >= 0.3 is 0 Å². The van der Waals surface area contributed by atoms with Gasteiger partial charge in [-0.2, -0.15) is 0 Å². The van der Waals surface area contributed by atoms with Crippen molar-refractivity contribution in [2.75, 3.05) is 10.5 Å². The number of nitrogens with zero attached hydrogens (tertiary/aromatic N) is 3. The van der Waals surface area contributed by atoms with Crippen molar-refractivity contribution in [2.24, 2.45) is 0 Å². The van der Waals surface area contributed by atoms with Gasteiger partial charge < -0.3 is 0 Å². The Kier molecular flexibility index (Phi) is 4.28. The van der Waals surface area contributed by atoms with Crippen LogP contribution in [0.4, 0.5) is 5.95 Å². The molecule has 2 aromatic heterocycles. The van der Waals surface area contributed by atoms with Gasteiger partial charge in [-0.05, 0) is 30.2 Å². The van der Waals surface area contributed by atoms with Crippen molar-refractivity contribution in [3.63, 3.8) is 0 Å².